The van der Waals surface area contributed by atoms with Crippen LogP contribution in [0.1, 0.15) is 88.5 Å². The molecule has 0 radical (unpaired) electrons. The van der Waals surface area contributed by atoms with Crippen molar-refractivity contribution < 1.29 is 28.4 Å². The van der Waals surface area contributed by atoms with Gasteiger partial charge in [-0.25, -0.2) is 0 Å². The average Bonchev–Trinajstić information content (AvgIpc) is 3.55. The Bertz CT molecular complexity index is 1520. The lowest BCUT2D eigenvalue weighted by Gasteiger charge is -2.32. The molecular weight excluding hydrogens is 590 g/mol. The molecule has 0 N–H and O–H groups in total. The summed E-state index contributed by atoms with van der Waals surface area (Å²) in [6, 6.07) is 23.2. The third-order valence-electron chi connectivity index (χ3n) is 9.97. The lowest BCUT2D eigenvalue weighted by atomic mass is 9.86. The molecule has 7 nitrogen and oxygen atoms in total. The molecule has 7 rings (SSSR count). The van der Waals surface area contributed by atoms with Crippen LogP contribution in [0.5, 0.6) is 23.0 Å². The van der Waals surface area contributed by atoms with E-state index in [-0.39, 0.29) is 18.7 Å². The molecule has 5 atom stereocenters. The molecule has 3 aromatic carbocycles. The Morgan fingerprint density at radius 1 is 0.809 bits per heavy atom. The van der Waals surface area contributed by atoms with Crippen molar-refractivity contribution in [1.82, 2.24) is 4.90 Å². The van der Waals surface area contributed by atoms with Crippen molar-refractivity contribution in [2.45, 2.75) is 90.4 Å². The van der Waals surface area contributed by atoms with Crippen molar-refractivity contribution >= 4 is 11.1 Å². The van der Waals surface area contributed by atoms with Crippen molar-refractivity contribution in [2.75, 3.05) is 32.9 Å². The third-order valence-corrected chi connectivity index (χ3v) is 9.97. The molecule has 3 aromatic rings. The largest absolute Gasteiger partial charge is 0.492 e. The Hall–Kier alpha value is -3.52. The third kappa shape index (κ3) is 7.64. The van der Waals surface area contributed by atoms with Gasteiger partial charge >= 0.3 is 0 Å². The van der Waals surface area contributed by atoms with Crippen LogP contribution in [0, 0.1) is 5.92 Å². The summed E-state index contributed by atoms with van der Waals surface area (Å²) in [7, 11) is 0. The fourth-order valence-corrected chi connectivity index (χ4v) is 7.19. The first-order valence-electron chi connectivity index (χ1n) is 17.7. The SMILES string of the molecule is CC1=C(c2cccc(OC3CCCCO3)c2)C(c2ccc(OC[C@H](C)N3CC[C@@H](C)C3)cc2)Oc2ccc(OC3CCCCO3)cc21. The van der Waals surface area contributed by atoms with E-state index in [1.54, 1.807) is 0 Å². The molecule has 3 saturated heterocycles. The van der Waals surface area contributed by atoms with Gasteiger partial charge in [0.15, 0.2) is 12.6 Å². The van der Waals surface area contributed by atoms with Gasteiger partial charge in [-0.3, -0.25) is 4.90 Å². The summed E-state index contributed by atoms with van der Waals surface area (Å²) in [5.41, 5.74) is 5.39. The second-order valence-electron chi connectivity index (χ2n) is 13.7. The van der Waals surface area contributed by atoms with Gasteiger partial charge < -0.3 is 28.4 Å². The number of rotatable bonds is 10. The van der Waals surface area contributed by atoms with Gasteiger partial charge in [0.1, 0.15) is 35.7 Å². The van der Waals surface area contributed by atoms with Crippen LogP contribution in [0.3, 0.4) is 0 Å². The summed E-state index contributed by atoms with van der Waals surface area (Å²) < 4.78 is 37.4. The van der Waals surface area contributed by atoms with Crippen molar-refractivity contribution in [3.05, 3.63) is 83.4 Å². The molecule has 7 heteroatoms. The number of ether oxygens (including phenoxy) is 6. The molecule has 3 fully saturated rings. The zero-order chi connectivity index (χ0) is 32.2. The summed E-state index contributed by atoms with van der Waals surface area (Å²) in [6.07, 6.45) is 6.77. The summed E-state index contributed by atoms with van der Waals surface area (Å²) in [5, 5.41) is 0. The fraction of sp³-hybridized carbons (Fsp3) is 0.500. The molecule has 3 unspecified atom stereocenters. The molecule has 0 aliphatic carbocycles. The van der Waals surface area contributed by atoms with Crippen LogP contribution in [0.4, 0.5) is 0 Å². The zero-order valence-electron chi connectivity index (χ0n) is 28.1. The maximum atomic E-state index is 6.85. The number of hydrogen-bond donors (Lipinski definition) is 0. The molecule has 250 valence electrons. The molecule has 0 amide bonds. The summed E-state index contributed by atoms with van der Waals surface area (Å²) >= 11 is 0. The minimum absolute atomic E-state index is 0.207. The summed E-state index contributed by atoms with van der Waals surface area (Å²) in [4.78, 5) is 2.53. The van der Waals surface area contributed by atoms with E-state index in [1.807, 2.05) is 18.2 Å². The van der Waals surface area contributed by atoms with Crippen molar-refractivity contribution in [2.24, 2.45) is 5.92 Å². The predicted octanol–water partition coefficient (Wildman–Crippen LogP) is 8.67. The summed E-state index contributed by atoms with van der Waals surface area (Å²) in [5.74, 6) is 4.07. The second-order valence-corrected chi connectivity index (χ2v) is 13.7. The lowest BCUT2D eigenvalue weighted by Crippen LogP contribution is -2.35. The van der Waals surface area contributed by atoms with Crippen LogP contribution >= 0.6 is 0 Å². The topological polar surface area (TPSA) is 58.6 Å². The van der Waals surface area contributed by atoms with Crippen LogP contribution in [0.2, 0.25) is 0 Å². The first-order valence-corrected chi connectivity index (χ1v) is 17.7. The first-order chi connectivity index (χ1) is 23.0. The molecule has 4 aliphatic heterocycles. The smallest absolute Gasteiger partial charge is 0.199 e. The highest BCUT2D eigenvalue weighted by atomic mass is 16.7. The molecule has 0 bridgehead atoms. The molecule has 0 spiro atoms. The van der Waals surface area contributed by atoms with Crippen molar-refractivity contribution in [1.29, 1.82) is 0 Å². The second kappa shape index (κ2) is 14.7. The first kappa shape index (κ1) is 32.0. The Kier molecular flexibility index (Phi) is 10.0. The molecular formula is C40H49NO6. The van der Waals surface area contributed by atoms with E-state index < -0.39 is 0 Å². The van der Waals surface area contributed by atoms with Crippen LogP contribution in [0.25, 0.3) is 11.1 Å². The minimum Gasteiger partial charge on any atom is -0.492 e. The molecule has 0 saturated carbocycles. The van der Waals surface area contributed by atoms with Gasteiger partial charge in [0, 0.05) is 36.6 Å². The molecule has 4 aliphatic rings. The van der Waals surface area contributed by atoms with E-state index >= 15 is 0 Å². The van der Waals surface area contributed by atoms with Gasteiger partial charge in [0.2, 0.25) is 0 Å². The normalized spacial score (nSPS) is 25.5. The fourth-order valence-electron chi connectivity index (χ4n) is 7.19. The highest BCUT2D eigenvalue weighted by Crippen LogP contribution is 2.48. The number of allylic oxidation sites excluding steroid dienone is 1. The Balaban J connectivity index is 1.16. The Morgan fingerprint density at radius 3 is 2.17 bits per heavy atom. The Labute approximate surface area is 279 Å². The monoisotopic (exact) mass is 639 g/mol. The summed E-state index contributed by atoms with van der Waals surface area (Å²) in [6.45, 7) is 11.2. The zero-order valence-corrected chi connectivity index (χ0v) is 28.1. The number of fused-ring (bicyclic) bond motifs is 1. The highest BCUT2D eigenvalue weighted by Gasteiger charge is 2.31. The van der Waals surface area contributed by atoms with E-state index in [1.165, 1.54) is 6.42 Å². The van der Waals surface area contributed by atoms with Gasteiger partial charge in [-0.15, -0.1) is 0 Å². The number of benzene rings is 3. The van der Waals surface area contributed by atoms with E-state index in [2.05, 4.69) is 74.2 Å². The number of hydrogen-bond acceptors (Lipinski definition) is 7. The molecule has 4 heterocycles. The molecule has 47 heavy (non-hydrogen) atoms. The van der Waals surface area contributed by atoms with Crippen molar-refractivity contribution in [3.8, 4) is 23.0 Å². The van der Waals surface area contributed by atoms with Gasteiger partial charge in [0.05, 0.1) is 13.2 Å². The maximum absolute atomic E-state index is 6.85. The standard InChI is InChI=1S/C40H49NO6/c1-27-19-20-41(25-27)28(2)26-44-32-15-13-30(14-16-32)40-39(31-9-8-10-33(23-31)45-37-11-4-6-21-42-37)29(3)35-24-34(17-18-36(35)47-40)46-38-12-5-7-22-43-38/h8-10,13-18,23-24,27-28,37-38,40H,4-7,11-12,19-22,25-26H2,1-3H3/t27-,28+,37?,38?,40?/m1/s1. The minimum atomic E-state index is -0.309. The van der Waals surface area contributed by atoms with E-state index in [4.69, 9.17) is 28.4 Å². The highest BCUT2D eigenvalue weighted by molar-refractivity contribution is 5.96. The number of likely N-dealkylation sites (tertiary alicyclic amines) is 1. The molecule has 0 aromatic heterocycles. The lowest BCUT2D eigenvalue weighted by molar-refractivity contribution is -0.106. The van der Waals surface area contributed by atoms with Crippen molar-refractivity contribution in [3.63, 3.8) is 0 Å². The van der Waals surface area contributed by atoms with Crippen LogP contribution in [-0.4, -0.2) is 56.4 Å². The maximum Gasteiger partial charge on any atom is 0.199 e. The van der Waals surface area contributed by atoms with Gasteiger partial charge in [0.25, 0.3) is 0 Å². The van der Waals surface area contributed by atoms with E-state index in [9.17, 15) is 0 Å². The Morgan fingerprint density at radius 2 is 1.51 bits per heavy atom. The van der Waals surface area contributed by atoms with E-state index in [0.29, 0.717) is 12.6 Å². The average molecular weight is 640 g/mol. The predicted molar refractivity (Wildman–Crippen MR) is 184 cm³/mol. The van der Waals surface area contributed by atoms with Gasteiger partial charge in [-0.2, -0.15) is 0 Å². The van der Waals surface area contributed by atoms with Gasteiger partial charge in [-0.05, 0) is 118 Å². The van der Waals surface area contributed by atoms with Crippen LogP contribution in [-0.2, 0) is 9.47 Å². The quantitative estimate of drug-likeness (QED) is 0.220. The number of nitrogens with zero attached hydrogens (tertiary/aromatic N) is 1. The van der Waals surface area contributed by atoms with Crippen LogP contribution < -0.4 is 18.9 Å². The van der Waals surface area contributed by atoms with Crippen LogP contribution in [0.15, 0.2) is 66.7 Å². The van der Waals surface area contributed by atoms with E-state index in [0.717, 1.165) is 122 Å². The van der Waals surface area contributed by atoms with Gasteiger partial charge in [-0.1, -0.05) is 31.2 Å².